The highest BCUT2D eigenvalue weighted by atomic mass is 16.4. The van der Waals surface area contributed by atoms with E-state index in [-0.39, 0.29) is 25.2 Å². The van der Waals surface area contributed by atoms with Crippen LogP contribution in [0.5, 0.6) is 0 Å². The molecule has 0 aromatic carbocycles. The second kappa shape index (κ2) is 15.6. The van der Waals surface area contributed by atoms with E-state index in [0.717, 1.165) is 0 Å². The van der Waals surface area contributed by atoms with E-state index in [1.165, 1.54) is 0 Å². The highest BCUT2D eigenvalue weighted by molar-refractivity contribution is 5.95. The number of carbonyl (C=O) groups is 6. The highest BCUT2D eigenvalue weighted by Gasteiger charge is 2.31. The molecule has 14 heteroatoms. The molecule has 0 bridgehead atoms. The fourth-order valence-corrected chi connectivity index (χ4v) is 2.83. The van der Waals surface area contributed by atoms with Crippen LogP contribution in [0, 0.1) is 5.92 Å². The van der Waals surface area contributed by atoms with E-state index in [0.29, 0.717) is 19.4 Å². The van der Waals surface area contributed by atoms with Crippen molar-refractivity contribution in [1.29, 1.82) is 0 Å². The molecule has 0 radical (unpaired) electrons. The molecule has 0 saturated carbocycles. The fourth-order valence-electron chi connectivity index (χ4n) is 2.83. The van der Waals surface area contributed by atoms with Crippen molar-refractivity contribution in [2.75, 3.05) is 6.54 Å². The van der Waals surface area contributed by atoms with Gasteiger partial charge in [-0.1, -0.05) is 13.8 Å². The first-order valence-corrected chi connectivity index (χ1v) is 11.0. The van der Waals surface area contributed by atoms with Crippen molar-refractivity contribution in [3.05, 3.63) is 0 Å². The lowest BCUT2D eigenvalue weighted by atomic mass is 10.0. The predicted octanol–water partition coefficient (Wildman–Crippen LogP) is -3.22. The molecule has 4 atom stereocenters. The SMILES string of the molecule is CC(C)C(N)C(=O)NC(CCC(N)=O)C(=O)NC(CCCCN)C(=O)NC(CC(N)=O)C(=O)O. The first-order chi connectivity index (χ1) is 15.8. The second-order valence-corrected chi connectivity index (χ2v) is 8.25. The van der Waals surface area contributed by atoms with Crippen LogP contribution in [0.3, 0.4) is 0 Å². The molecule has 14 nitrogen and oxygen atoms in total. The van der Waals surface area contributed by atoms with Crippen LogP contribution >= 0.6 is 0 Å². The summed E-state index contributed by atoms with van der Waals surface area (Å²) in [6, 6.07) is -4.94. The van der Waals surface area contributed by atoms with E-state index in [1.807, 2.05) is 0 Å². The van der Waals surface area contributed by atoms with E-state index >= 15 is 0 Å². The van der Waals surface area contributed by atoms with Gasteiger partial charge in [-0.3, -0.25) is 24.0 Å². The van der Waals surface area contributed by atoms with Gasteiger partial charge in [0.2, 0.25) is 29.5 Å². The quantitative estimate of drug-likeness (QED) is 0.0957. The summed E-state index contributed by atoms with van der Waals surface area (Å²) in [6.45, 7) is 3.75. The molecule has 12 N–H and O–H groups in total. The fraction of sp³-hybridized carbons (Fsp3) is 0.700. The Morgan fingerprint density at radius 1 is 0.765 bits per heavy atom. The molecular formula is C20H37N7O7. The Labute approximate surface area is 197 Å². The third-order valence-electron chi connectivity index (χ3n) is 4.93. The predicted molar refractivity (Wildman–Crippen MR) is 121 cm³/mol. The summed E-state index contributed by atoms with van der Waals surface area (Å²) in [5, 5.41) is 16.3. The minimum Gasteiger partial charge on any atom is -0.480 e. The van der Waals surface area contributed by atoms with Gasteiger partial charge in [0.1, 0.15) is 18.1 Å². The zero-order valence-corrected chi connectivity index (χ0v) is 19.5. The van der Waals surface area contributed by atoms with Crippen molar-refractivity contribution in [1.82, 2.24) is 16.0 Å². The lowest BCUT2D eigenvalue weighted by Gasteiger charge is -2.25. The van der Waals surface area contributed by atoms with Gasteiger partial charge in [0, 0.05) is 6.42 Å². The van der Waals surface area contributed by atoms with Gasteiger partial charge in [-0.25, -0.2) is 4.79 Å². The zero-order valence-electron chi connectivity index (χ0n) is 19.5. The number of nitrogens with one attached hydrogen (secondary N) is 3. The molecule has 0 aliphatic heterocycles. The molecule has 0 aromatic rings. The number of carbonyl (C=O) groups excluding carboxylic acids is 5. The number of aliphatic carboxylic acids is 1. The number of carboxylic acids is 1. The maximum atomic E-state index is 12.9. The highest BCUT2D eigenvalue weighted by Crippen LogP contribution is 2.07. The standard InChI is InChI=1S/C20H37N7O7/c1-10(2)16(24)19(32)26-12(6-7-14(22)28)18(31)25-11(5-3-4-8-21)17(30)27-13(20(33)34)9-15(23)29/h10-13,16H,3-9,21,24H2,1-2H3,(H2,22,28)(H2,23,29)(H,25,31)(H,26,32)(H,27,30)(H,33,34). The number of unbranched alkanes of at least 4 members (excludes halogenated alkanes) is 1. The van der Waals surface area contributed by atoms with Crippen molar-refractivity contribution >= 4 is 35.5 Å². The summed E-state index contributed by atoms with van der Waals surface area (Å²) in [6.07, 6.45) is 0.0231. The first kappa shape index (κ1) is 30.7. The average molecular weight is 488 g/mol. The van der Waals surface area contributed by atoms with Gasteiger partial charge in [-0.2, -0.15) is 0 Å². The summed E-state index contributed by atoms with van der Waals surface area (Å²) in [4.78, 5) is 71.7. The Kier molecular flexibility index (Phi) is 14.1. The molecule has 0 saturated heterocycles. The van der Waals surface area contributed by atoms with E-state index < -0.39 is 66.1 Å². The van der Waals surface area contributed by atoms with E-state index in [9.17, 15) is 33.9 Å². The van der Waals surface area contributed by atoms with Crippen LogP contribution in [-0.4, -0.2) is 71.3 Å². The summed E-state index contributed by atoms with van der Waals surface area (Å²) >= 11 is 0. The Morgan fingerprint density at radius 3 is 1.71 bits per heavy atom. The number of primary amides is 2. The van der Waals surface area contributed by atoms with Gasteiger partial charge in [0.15, 0.2) is 0 Å². The van der Waals surface area contributed by atoms with E-state index in [1.54, 1.807) is 13.8 Å². The number of carboxylic acid groups (broad SMARTS) is 1. The lowest BCUT2D eigenvalue weighted by Crippen LogP contribution is -2.57. The molecule has 0 aliphatic rings. The molecule has 4 unspecified atom stereocenters. The number of nitrogens with two attached hydrogens (primary N) is 4. The third kappa shape index (κ3) is 12.1. The van der Waals surface area contributed by atoms with Crippen LogP contribution < -0.4 is 38.9 Å². The number of rotatable bonds is 17. The van der Waals surface area contributed by atoms with E-state index in [2.05, 4.69) is 16.0 Å². The average Bonchev–Trinajstić information content (AvgIpc) is 2.73. The molecule has 0 aromatic heterocycles. The van der Waals surface area contributed by atoms with E-state index in [4.69, 9.17) is 22.9 Å². The minimum atomic E-state index is -1.59. The third-order valence-corrected chi connectivity index (χ3v) is 4.93. The molecule has 0 spiro atoms. The van der Waals surface area contributed by atoms with Crippen LogP contribution in [0.15, 0.2) is 0 Å². The topological polar surface area (TPSA) is 263 Å². The summed E-state index contributed by atoms with van der Waals surface area (Å²) in [5.41, 5.74) is 21.5. The smallest absolute Gasteiger partial charge is 0.326 e. The summed E-state index contributed by atoms with van der Waals surface area (Å²) in [7, 11) is 0. The largest absolute Gasteiger partial charge is 0.480 e. The van der Waals surface area contributed by atoms with Gasteiger partial charge in [0.25, 0.3) is 0 Å². The molecule has 0 fully saturated rings. The molecule has 34 heavy (non-hydrogen) atoms. The van der Waals surface area contributed by atoms with Crippen LogP contribution in [0.25, 0.3) is 0 Å². The van der Waals surface area contributed by atoms with Crippen LogP contribution in [0.4, 0.5) is 0 Å². The molecular weight excluding hydrogens is 450 g/mol. The van der Waals surface area contributed by atoms with Crippen molar-refractivity contribution in [3.63, 3.8) is 0 Å². The van der Waals surface area contributed by atoms with Crippen molar-refractivity contribution < 1.29 is 33.9 Å². The Bertz CT molecular complexity index is 745. The normalized spacial score (nSPS) is 14.4. The lowest BCUT2D eigenvalue weighted by molar-refractivity contribution is -0.143. The Balaban J connectivity index is 5.60. The van der Waals surface area contributed by atoms with Crippen molar-refractivity contribution in [2.45, 2.75) is 76.5 Å². The number of hydrogen-bond acceptors (Lipinski definition) is 8. The minimum absolute atomic E-state index is 0.0969. The van der Waals surface area contributed by atoms with Crippen LogP contribution in [0.1, 0.15) is 52.4 Å². The number of hydrogen-bond donors (Lipinski definition) is 8. The first-order valence-electron chi connectivity index (χ1n) is 11.0. The summed E-state index contributed by atoms with van der Waals surface area (Å²) < 4.78 is 0. The zero-order chi connectivity index (χ0) is 26.4. The van der Waals surface area contributed by atoms with Crippen LogP contribution in [-0.2, 0) is 28.8 Å². The Hall–Kier alpha value is -3.26. The maximum absolute atomic E-state index is 12.9. The van der Waals surface area contributed by atoms with Gasteiger partial charge in [0.05, 0.1) is 12.5 Å². The molecule has 0 heterocycles. The second-order valence-electron chi connectivity index (χ2n) is 8.25. The molecule has 0 aliphatic carbocycles. The molecule has 0 rings (SSSR count). The summed E-state index contributed by atoms with van der Waals surface area (Å²) in [5.74, 6) is -5.63. The van der Waals surface area contributed by atoms with Gasteiger partial charge >= 0.3 is 5.97 Å². The number of amides is 5. The van der Waals surface area contributed by atoms with Gasteiger partial charge < -0.3 is 44.0 Å². The van der Waals surface area contributed by atoms with Gasteiger partial charge in [-0.05, 0) is 38.1 Å². The maximum Gasteiger partial charge on any atom is 0.326 e. The van der Waals surface area contributed by atoms with Crippen molar-refractivity contribution in [3.8, 4) is 0 Å². The van der Waals surface area contributed by atoms with Crippen LogP contribution in [0.2, 0.25) is 0 Å². The Morgan fingerprint density at radius 2 is 1.26 bits per heavy atom. The monoisotopic (exact) mass is 487 g/mol. The van der Waals surface area contributed by atoms with Gasteiger partial charge in [-0.15, -0.1) is 0 Å². The molecule has 194 valence electrons. The van der Waals surface area contributed by atoms with Crippen molar-refractivity contribution in [2.24, 2.45) is 28.9 Å². The molecule has 5 amide bonds.